The van der Waals surface area contributed by atoms with Crippen molar-refractivity contribution in [3.05, 3.63) is 29.6 Å². The number of rotatable bonds is 0. The lowest BCUT2D eigenvalue weighted by Crippen LogP contribution is -2.41. The van der Waals surface area contributed by atoms with E-state index in [9.17, 15) is 27.2 Å². The number of amides is 1. The first-order chi connectivity index (χ1) is 9.70. The summed E-state index contributed by atoms with van der Waals surface area (Å²) in [7, 11) is 0. The van der Waals surface area contributed by atoms with Gasteiger partial charge in [0.05, 0.1) is 5.69 Å². The van der Waals surface area contributed by atoms with Crippen LogP contribution in [0.3, 0.4) is 0 Å². The van der Waals surface area contributed by atoms with Gasteiger partial charge in [-0.2, -0.15) is 13.2 Å². The van der Waals surface area contributed by atoms with Crippen molar-refractivity contribution >= 4 is 17.7 Å². The van der Waals surface area contributed by atoms with Crippen LogP contribution in [0.4, 0.5) is 28.0 Å². The van der Waals surface area contributed by atoms with Crippen molar-refractivity contribution in [2.75, 3.05) is 11.4 Å². The molecule has 0 spiro atoms. The summed E-state index contributed by atoms with van der Waals surface area (Å²) in [6, 6.07) is 2.76. The molecule has 1 unspecified atom stereocenters. The standard InChI is InChI=1S/C12H10F4N2O3/c13-6-1-2-9-7(5-6)8(17)3-4-18(9)11(20)21-10(19)12(14,15)16/h1-2,5,8H,3-4,17H2. The summed E-state index contributed by atoms with van der Waals surface area (Å²) in [5.74, 6) is -3.20. The summed E-state index contributed by atoms with van der Waals surface area (Å²) in [6.45, 7) is -0.0379. The monoisotopic (exact) mass is 306 g/mol. The topological polar surface area (TPSA) is 72.6 Å². The minimum atomic E-state index is -5.27. The number of esters is 1. The predicted octanol–water partition coefficient (Wildman–Crippen LogP) is 2.26. The summed E-state index contributed by atoms with van der Waals surface area (Å²) in [5.41, 5.74) is 6.14. The fraction of sp³-hybridized carbons (Fsp3) is 0.333. The van der Waals surface area contributed by atoms with Crippen LogP contribution in [0.5, 0.6) is 0 Å². The van der Waals surface area contributed by atoms with Crippen molar-refractivity contribution in [3.63, 3.8) is 0 Å². The normalized spacial score (nSPS) is 18.1. The van der Waals surface area contributed by atoms with Gasteiger partial charge in [-0.25, -0.2) is 14.0 Å². The summed E-state index contributed by atoms with van der Waals surface area (Å²) < 4.78 is 53.2. The maximum absolute atomic E-state index is 13.2. The quantitative estimate of drug-likeness (QED) is 0.453. The third-order valence-corrected chi connectivity index (χ3v) is 2.98. The Labute approximate surface area is 116 Å². The Bertz CT molecular complexity index is 588. The third kappa shape index (κ3) is 3.13. The summed E-state index contributed by atoms with van der Waals surface area (Å²) >= 11 is 0. The van der Waals surface area contributed by atoms with Gasteiger partial charge in [0, 0.05) is 12.6 Å². The molecule has 1 heterocycles. The Balaban J connectivity index is 2.25. The lowest BCUT2D eigenvalue weighted by molar-refractivity contribution is -0.192. The fourth-order valence-corrected chi connectivity index (χ4v) is 1.99. The highest BCUT2D eigenvalue weighted by atomic mass is 19.4. The van der Waals surface area contributed by atoms with E-state index in [1.165, 1.54) is 6.07 Å². The van der Waals surface area contributed by atoms with Crippen LogP contribution in [0.1, 0.15) is 18.0 Å². The van der Waals surface area contributed by atoms with Crippen LogP contribution < -0.4 is 10.6 Å². The number of carbonyl (C=O) groups excluding carboxylic acids is 2. The average Bonchev–Trinajstić information content (AvgIpc) is 2.38. The Kier molecular flexibility index (Phi) is 3.86. The SMILES string of the molecule is NC1CCN(C(=O)OC(=O)C(F)(F)F)c2ccc(F)cc21. The molecular weight excluding hydrogens is 296 g/mol. The molecule has 1 atom stereocenters. The molecule has 114 valence electrons. The van der Waals surface area contributed by atoms with Crippen LogP contribution in [0.25, 0.3) is 0 Å². The van der Waals surface area contributed by atoms with Gasteiger partial charge in [-0.3, -0.25) is 4.90 Å². The van der Waals surface area contributed by atoms with Crippen LogP contribution in [-0.2, 0) is 9.53 Å². The van der Waals surface area contributed by atoms with Gasteiger partial charge in [-0.05, 0) is 30.2 Å². The van der Waals surface area contributed by atoms with Crippen molar-refractivity contribution in [1.29, 1.82) is 0 Å². The molecule has 1 aliphatic rings. The molecule has 1 aromatic carbocycles. The number of nitrogens with zero attached hydrogens (tertiary/aromatic N) is 1. The zero-order chi connectivity index (χ0) is 15.8. The predicted molar refractivity (Wildman–Crippen MR) is 62.8 cm³/mol. The Morgan fingerprint density at radius 1 is 1.33 bits per heavy atom. The summed E-state index contributed by atoms with van der Waals surface area (Å²) in [4.78, 5) is 23.1. The molecule has 0 radical (unpaired) electrons. The Morgan fingerprint density at radius 2 is 2.00 bits per heavy atom. The lowest BCUT2D eigenvalue weighted by Gasteiger charge is -2.31. The second kappa shape index (κ2) is 5.32. The van der Waals surface area contributed by atoms with Gasteiger partial charge in [-0.15, -0.1) is 0 Å². The highest BCUT2D eigenvalue weighted by molar-refractivity contribution is 5.97. The maximum atomic E-state index is 13.2. The zero-order valence-corrected chi connectivity index (χ0v) is 10.5. The van der Waals surface area contributed by atoms with E-state index in [2.05, 4.69) is 4.74 Å². The number of benzene rings is 1. The van der Waals surface area contributed by atoms with Crippen LogP contribution in [0.2, 0.25) is 0 Å². The van der Waals surface area contributed by atoms with Crippen molar-refractivity contribution < 1.29 is 31.9 Å². The van der Waals surface area contributed by atoms with Gasteiger partial charge in [0.15, 0.2) is 0 Å². The number of ether oxygens (including phenoxy) is 1. The number of fused-ring (bicyclic) bond motifs is 1. The van der Waals surface area contributed by atoms with Crippen molar-refractivity contribution in [3.8, 4) is 0 Å². The molecule has 0 aliphatic carbocycles. The van der Waals surface area contributed by atoms with Crippen molar-refractivity contribution in [2.24, 2.45) is 5.73 Å². The summed E-state index contributed by atoms with van der Waals surface area (Å²) in [5, 5.41) is 0. The van der Waals surface area contributed by atoms with E-state index in [0.717, 1.165) is 17.0 Å². The van der Waals surface area contributed by atoms with Crippen molar-refractivity contribution in [1.82, 2.24) is 0 Å². The van der Waals surface area contributed by atoms with Gasteiger partial charge >= 0.3 is 18.2 Å². The molecule has 0 saturated heterocycles. The Hall–Kier alpha value is -2.16. The van der Waals surface area contributed by atoms with Gasteiger partial charge in [0.2, 0.25) is 0 Å². The minimum Gasteiger partial charge on any atom is -0.369 e. The first-order valence-corrected chi connectivity index (χ1v) is 5.85. The van der Waals surface area contributed by atoms with Crippen LogP contribution in [0, 0.1) is 5.82 Å². The van der Waals surface area contributed by atoms with Crippen LogP contribution >= 0.6 is 0 Å². The minimum absolute atomic E-state index is 0.0379. The molecule has 1 amide bonds. The van der Waals surface area contributed by atoms with Crippen LogP contribution in [0.15, 0.2) is 18.2 Å². The van der Waals surface area contributed by atoms with E-state index in [-0.39, 0.29) is 24.2 Å². The molecule has 0 fully saturated rings. The lowest BCUT2D eigenvalue weighted by atomic mass is 9.97. The third-order valence-electron chi connectivity index (χ3n) is 2.98. The van der Waals surface area contributed by atoms with E-state index in [4.69, 9.17) is 5.73 Å². The summed E-state index contributed by atoms with van der Waals surface area (Å²) in [6.07, 6.45) is -6.55. The largest absolute Gasteiger partial charge is 0.491 e. The first kappa shape index (κ1) is 15.2. The van der Waals surface area contributed by atoms with E-state index in [1.807, 2.05) is 0 Å². The molecule has 1 aliphatic heterocycles. The highest BCUT2D eigenvalue weighted by Gasteiger charge is 2.43. The van der Waals surface area contributed by atoms with Crippen molar-refractivity contribution in [2.45, 2.75) is 18.6 Å². The fourth-order valence-electron chi connectivity index (χ4n) is 1.99. The molecule has 21 heavy (non-hydrogen) atoms. The van der Waals surface area contributed by atoms with Gasteiger partial charge < -0.3 is 10.5 Å². The van der Waals surface area contributed by atoms with Crippen LogP contribution in [-0.4, -0.2) is 24.8 Å². The van der Waals surface area contributed by atoms with E-state index < -0.39 is 30.1 Å². The molecular formula is C12H10F4N2O3. The molecule has 2 N–H and O–H groups in total. The number of carbonyl (C=O) groups is 2. The van der Waals surface area contributed by atoms with Gasteiger partial charge in [0.25, 0.3) is 0 Å². The smallest absolute Gasteiger partial charge is 0.369 e. The number of anilines is 1. The molecule has 1 aromatic rings. The van der Waals surface area contributed by atoms with E-state index in [1.54, 1.807) is 0 Å². The van der Waals surface area contributed by atoms with Gasteiger partial charge in [-0.1, -0.05) is 0 Å². The number of hydrogen-bond acceptors (Lipinski definition) is 4. The first-order valence-electron chi connectivity index (χ1n) is 5.85. The molecule has 5 nitrogen and oxygen atoms in total. The molecule has 9 heteroatoms. The highest BCUT2D eigenvalue weighted by Crippen LogP contribution is 2.33. The number of hydrogen-bond donors (Lipinski definition) is 1. The number of halogens is 4. The average molecular weight is 306 g/mol. The molecule has 0 aromatic heterocycles. The molecule has 0 saturated carbocycles. The number of alkyl halides is 3. The maximum Gasteiger partial charge on any atom is 0.491 e. The van der Waals surface area contributed by atoms with Gasteiger partial charge in [0.1, 0.15) is 5.82 Å². The molecule has 2 rings (SSSR count). The second-order valence-electron chi connectivity index (χ2n) is 4.40. The Morgan fingerprint density at radius 3 is 2.62 bits per heavy atom. The van der Waals surface area contributed by atoms with E-state index >= 15 is 0 Å². The zero-order valence-electron chi connectivity index (χ0n) is 10.5. The molecule has 0 bridgehead atoms. The van der Waals surface area contributed by atoms with E-state index in [0.29, 0.717) is 0 Å². The number of nitrogens with two attached hydrogens (primary N) is 1. The second-order valence-corrected chi connectivity index (χ2v) is 4.40.